The van der Waals surface area contributed by atoms with Gasteiger partial charge in [0, 0.05) is 49.7 Å². The summed E-state index contributed by atoms with van der Waals surface area (Å²) >= 11 is 0. The van der Waals surface area contributed by atoms with Crippen LogP contribution >= 0.6 is 0 Å². The summed E-state index contributed by atoms with van der Waals surface area (Å²) in [6.07, 6.45) is 0. The Morgan fingerprint density at radius 1 is 0.217 bits per heavy atom. The SMILES string of the molecule is c1ccc(-c2ccc(N(c3ccc(-c4ccccc4)cc3)c3cccc(-c4ccc(-c5ccc(-c6cccc7c6oc6ccccc67)cc5-c5cccc6c5oc5ccccc56)cc4)c3)cc2)cc1. The van der Waals surface area contributed by atoms with Gasteiger partial charge in [0.2, 0.25) is 0 Å². The lowest BCUT2D eigenvalue weighted by molar-refractivity contribution is 0.670. The van der Waals surface area contributed by atoms with E-state index in [-0.39, 0.29) is 0 Å². The van der Waals surface area contributed by atoms with Crippen molar-refractivity contribution < 1.29 is 8.83 Å². The molecule has 69 heavy (non-hydrogen) atoms. The van der Waals surface area contributed by atoms with Crippen LogP contribution in [0.1, 0.15) is 0 Å². The van der Waals surface area contributed by atoms with Crippen LogP contribution in [0.5, 0.6) is 0 Å². The molecule has 3 heteroatoms. The summed E-state index contributed by atoms with van der Waals surface area (Å²) in [6, 6.07) is 93.0. The molecule has 3 nitrogen and oxygen atoms in total. The molecule has 0 spiro atoms. The molecule has 2 aromatic heterocycles. The van der Waals surface area contributed by atoms with Crippen LogP contribution in [0.4, 0.5) is 17.1 Å². The molecule has 0 bridgehead atoms. The maximum absolute atomic E-state index is 6.69. The van der Waals surface area contributed by atoms with E-state index in [1.54, 1.807) is 0 Å². The standard InChI is InChI=1S/C66H43NO2/c1-3-14-44(15-4-1)46-32-37-52(38-33-46)67(53-39-34-47(35-40-53)45-16-5-2-6-17-45)54-19-11-18-50(42-54)48-28-30-49(31-29-48)55-41-36-51(56-22-12-23-59-57-20-7-9-26-63(57)68-65(56)59)43-62(55)61-25-13-24-60-58-21-8-10-27-64(58)69-66(60)61/h1-43H. The van der Waals surface area contributed by atoms with E-state index in [1.807, 2.05) is 18.2 Å². The Hall–Kier alpha value is -9.18. The van der Waals surface area contributed by atoms with Crippen molar-refractivity contribution in [1.29, 1.82) is 0 Å². The first kappa shape index (κ1) is 40.1. The van der Waals surface area contributed by atoms with Crippen molar-refractivity contribution in [3.8, 4) is 66.8 Å². The van der Waals surface area contributed by atoms with Crippen LogP contribution in [0.3, 0.4) is 0 Å². The summed E-state index contributed by atoms with van der Waals surface area (Å²) in [4.78, 5) is 2.35. The quantitative estimate of drug-likeness (QED) is 0.145. The highest BCUT2D eigenvalue weighted by molar-refractivity contribution is 6.12. The fraction of sp³-hybridized carbons (Fsp3) is 0. The van der Waals surface area contributed by atoms with Crippen LogP contribution < -0.4 is 4.90 Å². The van der Waals surface area contributed by atoms with Crippen molar-refractivity contribution in [3.05, 3.63) is 261 Å². The summed E-state index contributed by atoms with van der Waals surface area (Å²) in [5, 5.41) is 4.43. The number of nitrogens with zero attached hydrogens (tertiary/aromatic N) is 1. The molecule has 11 aromatic carbocycles. The van der Waals surface area contributed by atoms with Crippen molar-refractivity contribution in [2.75, 3.05) is 4.90 Å². The third-order valence-electron chi connectivity index (χ3n) is 13.5. The average molecular weight is 882 g/mol. The smallest absolute Gasteiger partial charge is 0.143 e. The van der Waals surface area contributed by atoms with Gasteiger partial charge in [0.25, 0.3) is 0 Å². The molecule has 0 fully saturated rings. The third-order valence-corrected chi connectivity index (χ3v) is 13.5. The van der Waals surface area contributed by atoms with Gasteiger partial charge in [0.1, 0.15) is 22.3 Å². The number of rotatable bonds is 9. The van der Waals surface area contributed by atoms with Crippen molar-refractivity contribution in [2.24, 2.45) is 0 Å². The van der Waals surface area contributed by atoms with Crippen molar-refractivity contribution >= 4 is 60.9 Å². The second-order valence-corrected chi connectivity index (χ2v) is 17.6. The molecule has 0 aliphatic carbocycles. The minimum absolute atomic E-state index is 0.876. The van der Waals surface area contributed by atoms with Gasteiger partial charge in [-0.15, -0.1) is 0 Å². The van der Waals surface area contributed by atoms with Gasteiger partial charge in [-0.1, -0.05) is 206 Å². The second kappa shape index (κ2) is 16.9. The summed E-state index contributed by atoms with van der Waals surface area (Å²) in [5.74, 6) is 0. The molecular formula is C66H43NO2. The predicted molar refractivity (Wildman–Crippen MR) is 288 cm³/mol. The van der Waals surface area contributed by atoms with E-state index in [0.29, 0.717) is 0 Å². The van der Waals surface area contributed by atoms with E-state index in [0.717, 1.165) is 105 Å². The van der Waals surface area contributed by atoms with E-state index >= 15 is 0 Å². The molecule has 0 unspecified atom stereocenters. The molecule has 0 saturated heterocycles. The highest BCUT2D eigenvalue weighted by Gasteiger charge is 2.20. The normalized spacial score (nSPS) is 11.5. The molecular weight excluding hydrogens is 839 g/mol. The van der Waals surface area contributed by atoms with Crippen molar-refractivity contribution in [1.82, 2.24) is 0 Å². The topological polar surface area (TPSA) is 29.5 Å². The molecule has 0 amide bonds. The average Bonchev–Trinajstić information content (AvgIpc) is 4.01. The number of anilines is 3. The molecule has 2 heterocycles. The fourth-order valence-corrected chi connectivity index (χ4v) is 10.1. The first-order chi connectivity index (χ1) is 34.2. The van der Waals surface area contributed by atoms with E-state index in [1.165, 1.54) is 22.3 Å². The fourth-order valence-electron chi connectivity index (χ4n) is 10.1. The van der Waals surface area contributed by atoms with Crippen LogP contribution in [0.25, 0.3) is 111 Å². The number of hydrogen-bond donors (Lipinski definition) is 0. The molecule has 0 saturated carbocycles. The lowest BCUT2D eigenvalue weighted by atomic mass is 9.89. The monoisotopic (exact) mass is 881 g/mol. The largest absolute Gasteiger partial charge is 0.455 e. The van der Waals surface area contributed by atoms with Crippen LogP contribution in [0.15, 0.2) is 270 Å². The van der Waals surface area contributed by atoms with Gasteiger partial charge in [-0.05, 0) is 110 Å². The van der Waals surface area contributed by atoms with Gasteiger partial charge in [-0.2, -0.15) is 0 Å². The van der Waals surface area contributed by atoms with Gasteiger partial charge < -0.3 is 13.7 Å². The van der Waals surface area contributed by atoms with Gasteiger partial charge in [-0.25, -0.2) is 0 Å². The van der Waals surface area contributed by atoms with E-state index in [2.05, 4.69) is 248 Å². The van der Waals surface area contributed by atoms with Crippen LogP contribution in [-0.2, 0) is 0 Å². The Morgan fingerprint density at radius 3 is 1.23 bits per heavy atom. The Kier molecular flexibility index (Phi) is 9.84. The lowest BCUT2D eigenvalue weighted by Crippen LogP contribution is -2.10. The lowest BCUT2D eigenvalue weighted by Gasteiger charge is -2.26. The molecule has 0 atom stereocenters. The van der Waals surface area contributed by atoms with E-state index in [4.69, 9.17) is 8.83 Å². The van der Waals surface area contributed by atoms with Crippen LogP contribution in [-0.4, -0.2) is 0 Å². The Labute approximate surface area is 400 Å². The Bertz CT molecular complexity index is 3900. The highest BCUT2D eigenvalue weighted by Crippen LogP contribution is 2.45. The van der Waals surface area contributed by atoms with E-state index in [9.17, 15) is 0 Å². The number of para-hydroxylation sites is 4. The third kappa shape index (κ3) is 7.25. The van der Waals surface area contributed by atoms with Crippen LogP contribution in [0, 0.1) is 0 Å². The van der Waals surface area contributed by atoms with E-state index < -0.39 is 0 Å². The van der Waals surface area contributed by atoms with Crippen molar-refractivity contribution in [3.63, 3.8) is 0 Å². The molecule has 0 N–H and O–H groups in total. The minimum Gasteiger partial charge on any atom is -0.455 e. The van der Waals surface area contributed by atoms with Gasteiger partial charge in [0.15, 0.2) is 0 Å². The molecule has 324 valence electrons. The van der Waals surface area contributed by atoms with Gasteiger partial charge in [-0.3, -0.25) is 0 Å². The number of hydrogen-bond acceptors (Lipinski definition) is 3. The Morgan fingerprint density at radius 2 is 0.638 bits per heavy atom. The molecule has 13 rings (SSSR count). The van der Waals surface area contributed by atoms with Gasteiger partial charge in [0.05, 0.1) is 0 Å². The summed E-state index contributed by atoms with van der Waals surface area (Å²) in [6.45, 7) is 0. The highest BCUT2D eigenvalue weighted by atomic mass is 16.3. The number of fused-ring (bicyclic) bond motifs is 6. The molecule has 13 aromatic rings. The first-order valence-corrected chi connectivity index (χ1v) is 23.5. The van der Waals surface area contributed by atoms with Gasteiger partial charge >= 0.3 is 0 Å². The predicted octanol–water partition coefficient (Wildman–Crippen LogP) is 19.0. The number of furan rings is 2. The molecule has 0 radical (unpaired) electrons. The second-order valence-electron chi connectivity index (χ2n) is 17.6. The Balaban J connectivity index is 0.900. The molecule has 0 aliphatic rings. The van der Waals surface area contributed by atoms with Crippen molar-refractivity contribution in [2.45, 2.75) is 0 Å². The molecule has 0 aliphatic heterocycles. The zero-order chi connectivity index (χ0) is 45.7. The maximum Gasteiger partial charge on any atom is 0.143 e. The summed E-state index contributed by atoms with van der Waals surface area (Å²) in [5.41, 5.74) is 20.3. The summed E-state index contributed by atoms with van der Waals surface area (Å²) < 4.78 is 13.2. The summed E-state index contributed by atoms with van der Waals surface area (Å²) in [7, 11) is 0. The zero-order valence-corrected chi connectivity index (χ0v) is 37.6. The minimum atomic E-state index is 0.876. The maximum atomic E-state index is 6.69. The van der Waals surface area contributed by atoms with Crippen LogP contribution in [0.2, 0.25) is 0 Å². The first-order valence-electron chi connectivity index (χ1n) is 23.5. The zero-order valence-electron chi connectivity index (χ0n) is 37.6. The number of benzene rings is 11.